The third-order valence-electron chi connectivity index (χ3n) is 5.44. The molecule has 0 aliphatic carbocycles. The van der Waals surface area contributed by atoms with Crippen LogP contribution in [-0.4, -0.2) is 56.4 Å². The third kappa shape index (κ3) is 5.12. The zero-order chi connectivity index (χ0) is 22.6. The van der Waals surface area contributed by atoms with Gasteiger partial charge in [0.25, 0.3) is 5.89 Å². The van der Waals surface area contributed by atoms with Crippen molar-refractivity contribution in [2.24, 2.45) is 0 Å². The molecule has 0 spiro atoms. The van der Waals surface area contributed by atoms with E-state index < -0.39 is 12.3 Å². The van der Waals surface area contributed by atoms with Crippen LogP contribution in [0, 0.1) is 0 Å². The molecular weight excluding hydrogens is 430 g/mol. The normalized spacial score (nSPS) is 14.8. The van der Waals surface area contributed by atoms with Crippen LogP contribution in [0.25, 0.3) is 22.7 Å². The number of halogens is 2. The highest BCUT2D eigenvalue weighted by molar-refractivity contribution is 5.58. The third-order valence-corrected chi connectivity index (χ3v) is 5.44. The predicted molar refractivity (Wildman–Crippen MR) is 115 cm³/mol. The van der Waals surface area contributed by atoms with Gasteiger partial charge >= 0.3 is 6.43 Å². The molecule has 170 valence electrons. The molecule has 0 N–H and O–H groups in total. The second-order valence-corrected chi connectivity index (χ2v) is 7.83. The topological polar surface area (TPSA) is 82.1 Å². The van der Waals surface area contributed by atoms with Crippen LogP contribution in [0.3, 0.4) is 0 Å². The fraction of sp³-hybridized carbons (Fsp3) is 0.304. The Kier molecular flexibility index (Phi) is 6.18. The summed E-state index contributed by atoms with van der Waals surface area (Å²) in [6.07, 6.45) is -0.874. The summed E-state index contributed by atoms with van der Waals surface area (Å²) >= 11 is 0. The second kappa shape index (κ2) is 9.55. The van der Waals surface area contributed by atoms with Gasteiger partial charge in [0.2, 0.25) is 5.89 Å². The van der Waals surface area contributed by atoms with Crippen molar-refractivity contribution in [3.63, 3.8) is 0 Å². The van der Waals surface area contributed by atoms with Crippen LogP contribution in [0.5, 0.6) is 0 Å². The Hall–Kier alpha value is -3.50. The molecule has 10 heteroatoms. The zero-order valence-electron chi connectivity index (χ0n) is 17.8. The van der Waals surface area contributed by atoms with Gasteiger partial charge in [0.1, 0.15) is 5.69 Å². The summed E-state index contributed by atoms with van der Waals surface area (Å²) in [4.78, 5) is 2.38. The van der Waals surface area contributed by atoms with E-state index in [9.17, 15) is 8.78 Å². The van der Waals surface area contributed by atoms with Crippen molar-refractivity contribution in [3.8, 4) is 22.7 Å². The number of benzene rings is 2. The number of aromatic nitrogens is 5. The molecule has 0 atom stereocenters. The van der Waals surface area contributed by atoms with E-state index in [1.54, 1.807) is 16.8 Å². The molecule has 0 saturated carbocycles. The largest absolute Gasteiger partial charge is 0.415 e. The number of hydrogen-bond acceptors (Lipinski definition) is 7. The Morgan fingerprint density at radius 3 is 2.45 bits per heavy atom. The van der Waals surface area contributed by atoms with Crippen LogP contribution < -0.4 is 0 Å². The van der Waals surface area contributed by atoms with Crippen LogP contribution in [0.2, 0.25) is 0 Å². The first-order chi connectivity index (χ1) is 16.1. The van der Waals surface area contributed by atoms with Crippen LogP contribution in [0.4, 0.5) is 8.78 Å². The maximum atomic E-state index is 12.6. The number of alkyl halides is 2. The highest BCUT2D eigenvalue weighted by Crippen LogP contribution is 2.24. The van der Waals surface area contributed by atoms with Crippen LogP contribution in [0.15, 0.2) is 59.1 Å². The monoisotopic (exact) mass is 452 g/mol. The SMILES string of the molecule is FC(F)c1nnc(-c2ccc(Cn3cc(-c4cccc(CN5CCOCC5)c4)nn3)cc2)o1. The predicted octanol–water partition coefficient (Wildman–Crippen LogP) is 3.81. The van der Waals surface area contributed by atoms with Gasteiger partial charge in [-0.3, -0.25) is 4.90 Å². The highest BCUT2D eigenvalue weighted by Gasteiger charge is 2.17. The standard InChI is InChI=1S/C23H22F2N6O2/c24-21(25)23-28-27-22(33-23)18-6-4-16(5-7-18)14-31-15-20(26-29-31)19-3-1-2-17(12-19)13-30-8-10-32-11-9-30/h1-7,12,15,21H,8-11,13-14H2. The summed E-state index contributed by atoms with van der Waals surface area (Å²) in [6.45, 7) is 4.85. The summed E-state index contributed by atoms with van der Waals surface area (Å²) in [5, 5.41) is 15.6. The fourth-order valence-corrected chi connectivity index (χ4v) is 3.73. The van der Waals surface area contributed by atoms with Crippen molar-refractivity contribution in [1.29, 1.82) is 0 Å². The van der Waals surface area contributed by atoms with E-state index >= 15 is 0 Å². The van der Waals surface area contributed by atoms with Gasteiger partial charge in [0.05, 0.1) is 26.0 Å². The van der Waals surface area contributed by atoms with Crippen molar-refractivity contribution in [3.05, 3.63) is 71.7 Å². The Balaban J connectivity index is 1.25. The Bertz CT molecular complexity index is 1200. The van der Waals surface area contributed by atoms with Gasteiger partial charge in [-0.25, -0.2) is 4.68 Å². The molecule has 3 heterocycles. The van der Waals surface area contributed by atoms with Gasteiger partial charge in [-0.05, 0) is 29.3 Å². The summed E-state index contributed by atoms with van der Waals surface area (Å²) < 4.78 is 37.4. The lowest BCUT2D eigenvalue weighted by atomic mass is 10.1. The van der Waals surface area contributed by atoms with Gasteiger partial charge in [0.15, 0.2) is 0 Å². The van der Waals surface area contributed by atoms with Crippen molar-refractivity contribution in [1.82, 2.24) is 30.1 Å². The number of nitrogens with zero attached hydrogens (tertiary/aromatic N) is 6. The van der Waals surface area contributed by atoms with E-state index in [4.69, 9.17) is 9.15 Å². The molecule has 1 aliphatic heterocycles. The molecular formula is C23H22F2N6O2. The van der Waals surface area contributed by atoms with Crippen molar-refractivity contribution in [2.45, 2.75) is 19.5 Å². The molecule has 1 saturated heterocycles. The molecule has 1 fully saturated rings. The Labute approximate surface area is 188 Å². The lowest BCUT2D eigenvalue weighted by Crippen LogP contribution is -2.35. The smallest absolute Gasteiger partial charge is 0.314 e. The number of ether oxygens (including phenoxy) is 1. The maximum absolute atomic E-state index is 12.6. The highest BCUT2D eigenvalue weighted by atomic mass is 19.3. The molecule has 1 aliphatic rings. The molecule has 0 amide bonds. The van der Waals surface area contributed by atoms with Gasteiger partial charge in [0, 0.05) is 30.8 Å². The summed E-state index contributed by atoms with van der Waals surface area (Å²) in [5.41, 5.74) is 4.62. The van der Waals surface area contributed by atoms with Crippen LogP contribution in [0.1, 0.15) is 23.4 Å². The molecule has 8 nitrogen and oxygen atoms in total. The molecule has 0 bridgehead atoms. The Morgan fingerprint density at radius 2 is 1.70 bits per heavy atom. The average Bonchev–Trinajstić information content (AvgIpc) is 3.51. The van der Waals surface area contributed by atoms with Gasteiger partial charge < -0.3 is 9.15 Å². The van der Waals surface area contributed by atoms with Crippen molar-refractivity contribution < 1.29 is 17.9 Å². The van der Waals surface area contributed by atoms with Gasteiger partial charge in [-0.1, -0.05) is 35.5 Å². The van der Waals surface area contributed by atoms with Crippen molar-refractivity contribution in [2.75, 3.05) is 26.3 Å². The number of hydrogen-bond donors (Lipinski definition) is 0. The van der Waals surface area contributed by atoms with E-state index in [1.165, 1.54) is 5.56 Å². The van der Waals surface area contributed by atoms with Crippen LogP contribution >= 0.6 is 0 Å². The summed E-state index contributed by atoms with van der Waals surface area (Å²) in [7, 11) is 0. The van der Waals surface area contributed by atoms with E-state index in [0.29, 0.717) is 12.1 Å². The summed E-state index contributed by atoms with van der Waals surface area (Å²) in [5.74, 6) is -0.616. The molecule has 4 aromatic rings. The molecule has 0 unspecified atom stereocenters. The van der Waals surface area contributed by atoms with E-state index in [1.807, 2.05) is 30.5 Å². The lowest BCUT2D eigenvalue weighted by Gasteiger charge is -2.26. The van der Waals surface area contributed by atoms with Crippen LogP contribution in [-0.2, 0) is 17.8 Å². The first kappa shape index (κ1) is 21.4. The van der Waals surface area contributed by atoms with Gasteiger partial charge in [-0.15, -0.1) is 15.3 Å². The van der Waals surface area contributed by atoms with E-state index in [2.05, 4.69) is 37.5 Å². The van der Waals surface area contributed by atoms with Crippen molar-refractivity contribution >= 4 is 0 Å². The minimum atomic E-state index is -2.79. The van der Waals surface area contributed by atoms with E-state index in [0.717, 1.165) is 49.7 Å². The lowest BCUT2D eigenvalue weighted by molar-refractivity contribution is 0.0342. The maximum Gasteiger partial charge on any atom is 0.314 e. The fourth-order valence-electron chi connectivity index (χ4n) is 3.73. The molecule has 33 heavy (non-hydrogen) atoms. The first-order valence-corrected chi connectivity index (χ1v) is 10.6. The molecule has 2 aromatic carbocycles. The zero-order valence-corrected chi connectivity index (χ0v) is 17.8. The van der Waals surface area contributed by atoms with E-state index in [-0.39, 0.29) is 5.89 Å². The number of rotatable bonds is 7. The molecule has 5 rings (SSSR count). The molecule has 2 aromatic heterocycles. The minimum Gasteiger partial charge on any atom is -0.415 e. The van der Waals surface area contributed by atoms with Gasteiger partial charge in [-0.2, -0.15) is 8.78 Å². The second-order valence-electron chi connectivity index (χ2n) is 7.83. The quantitative estimate of drug-likeness (QED) is 0.422. The minimum absolute atomic E-state index is 0.0665. The Morgan fingerprint density at radius 1 is 0.879 bits per heavy atom. The number of morpholine rings is 1. The average molecular weight is 452 g/mol. The first-order valence-electron chi connectivity index (χ1n) is 10.6. The summed E-state index contributed by atoms with van der Waals surface area (Å²) in [6, 6.07) is 15.6. The molecule has 0 radical (unpaired) electrons.